The first kappa shape index (κ1) is 22.9. The maximum Gasteiger partial charge on any atom is 0.229 e. The third-order valence-corrected chi connectivity index (χ3v) is 7.19. The Morgan fingerprint density at radius 3 is 2.53 bits per heavy atom. The Bertz CT molecular complexity index is 967. The molecule has 0 aliphatic rings. The van der Waals surface area contributed by atoms with Crippen LogP contribution in [-0.4, -0.2) is 55.8 Å². The van der Waals surface area contributed by atoms with Crippen LogP contribution in [0.4, 0.5) is 5.13 Å². The maximum absolute atomic E-state index is 13.1. The minimum atomic E-state index is 0.0747. The topological polar surface area (TPSA) is 45.7 Å². The smallest absolute Gasteiger partial charge is 0.229 e. The number of aryl methyl sites for hydroxylation is 1. The van der Waals surface area contributed by atoms with E-state index in [1.165, 1.54) is 11.3 Å². The summed E-state index contributed by atoms with van der Waals surface area (Å²) >= 11 is 9.52. The third kappa shape index (κ3) is 5.66. The summed E-state index contributed by atoms with van der Waals surface area (Å²) in [5, 5.41) is 1.39. The van der Waals surface area contributed by atoms with Gasteiger partial charge in [0.2, 0.25) is 5.91 Å². The van der Waals surface area contributed by atoms with Gasteiger partial charge in [0, 0.05) is 30.2 Å². The number of anilines is 1. The van der Waals surface area contributed by atoms with Gasteiger partial charge in [0.05, 0.1) is 22.3 Å². The van der Waals surface area contributed by atoms with Crippen molar-refractivity contribution >= 4 is 56.0 Å². The zero-order valence-corrected chi connectivity index (χ0v) is 20.0. The summed E-state index contributed by atoms with van der Waals surface area (Å²) in [5.41, 5.74) is 1.93. The van der Waals surface area contributed by atoms with Crippen LogP contribution in [0.5, 0.6) is 5.75 Å². The number of likely N-dealkylation sites (N-methyl/N-ethyl adjacent to an activating group) is 1. The van der Waals surface area contributed by atoms with Crippen LogP contribution < -0.4 is 9.64 Å². The van der Waals surface area contributed by atoms with Gasteiger partial charge < -0.3 is 9.64 Å². The van der Waals surface area contributed by atoms with Crippen molar-refractivity contribution in [2.75, 3.05) is 44.9 Å². The molecule has 3 rings (SSSR count). The number of carbonyl (C=O) groups excluding carboxylic acids is 1. The van der Waals surface area contributed by atoms with Crippen LogP contribution in [0.2, 0.25) is 5.02 Å². The molecule has 0 fully saturated rings. The Kier molecular flexibility index (Phi) is 7.99. The summed E-state index contributed by atoms with van der Waals surface area (Å²) in [5.74, 6) is 1.61. The number of rotatable bonds is 9. The molecule has 3 aromatic rings. The van der Waals surface area contributed by atoms with Gasteiger partial charge in [-0.2, -0.15) is 0 Å². The fourth-order valence-corrected chi connectivity index (χ4v) is 5.10. The number of thiazole rings is 1. The van der Waals surface area contributed by atoms with E-state index >= 15 is 0 Å². The summed E-state index contributed by atoms with van der Waals surface area (Å²) in [6.45, 7) is 3.37. The van der Waals surface area contributed by atoms with Crippen molar-refractivity contribution in [3.8, 4) is 5.75 Å². The summed E-state index contributed by atoms with van der Waals surface area (Å²) in [6, 6.07) is 11.7. The molecule has 0 unspecified atom stereocenters. The van der Waals surface area contributed by atoms with Crippen molar-refractivity contribution in [2.24, 2.45) is 0 Å². The number of aromatic nitrogens is 1. The van der Waals surface area contributed by atoms with Gasteiger partial charge in [-0.1, -0.05) is 29.0 Å². The van der Waals surface area contributed by atoms with E-state index in [0.29, 0.717) is 28.9 Å². The molecule has 0 saturated heterocycles. The van der Waals surface area contributed by atoms with E-state index in [-0.39, 0.29) is 5.91 Å². The molecule has 0 aliphatic heterocycles. The number of fused-ring (bicyclic) bond motifs is 1. The third-order valence-electron chi connectivity index (χ3n) is 4.63. The molecule has 0 spiro atoms. The number of halogens is 1. The monoisotopic (exact) mass is 463 g/mol. The second-order valence-electron chi connectivity index (χ2n) is 7.16. The number of thioether (sulfide) groups is 1. The average Bonchev–Trinajstić information content (AvgIpc) is 3.18. The lowest BCUT2D eigenvalue weighted by Crippen LogP contribution is -2.36. The largest absolute Gasteiger partial charge is 0.497 e. The van der Waals surface area contributed by atoms with Gasteiger partial charge in [-0.3, -0.25) is 9.69 Å². The molecule has 5 nitrogen and oxygen atoms in total. The zero-order chi connectivity index (χ0) is 21.7. The number of carbonyl (C=O) groups is 1. The molecule has 1 aromatic heterocycles. The van der Waals surface area contributed by atoms with E-state index in [2.05, 4.69) is 4.90 Å². The van der Waals surface area contributed by atoms with Crippen molar-refractivity contribution in [3.63, 3.8) is 0 Å². The van der Waals surface area contributed by atoms with Gasteiger partial charge in [0.25, 0.3) is 0 Å². The van der Waals surface area contributed by atoms with E-state index in [0.717, 1.165) is 33.0 Å². The van der Waals surface area contributed by atoms with Gasteiger partial charge in [0.15, 0.2) is 5.13 Å². The van der Waals surface area contributed by atoms with Crippen molar-refractivity contribution in [3.05, 3.63) is 47.0 Å². The number of nitrogens with zero attached hydrogens (tertiary/aromatic N) is 3. The van der Waals surface area contributed by atoms with E-state index in [9.17, 15) is 4.79 Å². The highest BCUT2D eigenvalue weighted by atomic mass is 35.5. The van der Waals surface area contributed by atoms with Crippen LogP contribution in [0.1, 0.15) is 12.0 Å². The molecule has 0 saturated carbocycles. The minimum Gasteiger partial charge on any atom is -0.497 e. The van der Waals surface area contributed by atoms with Gasteiger partial charge >= 0.3 is 0 Å². The number of methoxy groups -OCH3 is 1. The minimum absolute atomic E-state index is 0.0747. The Balaban J connectivity index is 1.73. The number of ether oxygens (including phenoxy) is 1. The van der Waals surface area contributed by atoms with E-state index in [1.807, 2.05) is 57.4 Å². The quantitative estimate of drug-likeness (QED) is 0.400. The highest BCUT2D eigenvalue weighted by molar-refractivity contribution is 7.99. The fraction of sp³-hybridized carbons (Fsp3) is 0.364. The Morgan fingerprint density at radius 1 is 1.17 bits per heavy atom. The molecule has 8 heteroatoms. The first-order chi connectivity index (χ1) is 14.4. The standard InChI is InChI=1S/C22H26ClN3O2S2/c1-15-5-10-18(23)21-20(15)24-22(30-21)26(13-12-25(2)3)19(27)11-14-29-17-8-6-16(28-4)7-9-17/h5-10H,11-14H2,1-4H3. The molecule has 1 heterocycles. The average molecular weight is 464 g/mol. The van der Waals surface area contributed by atoms with Crippen molar-refractivity contribution in [1.29, 1.82) is 0 Å². The molecule has 0 atom stereocenters. The Morgan fingerprint density at radius 2 is 1.90 bits per heavy atom. The highest BCUT2D eigenvalue weighted by Gasteiger charge is 2.21. The number of hydrogen-bond donors (Lipinski definition) is 0. The summed E-state index contributed by atoms with van der Waals surface area (Å²) in [4.78, 5) is 22.8. The summed E-state index contributed by atoms with van der Waals surface area (Å²) in [7, 11) is 5.66. The lowest BCUT2D eigenvalue weighted by Gasteiger charge is -2.22. The second kappa shape index (κ2) is 10.5. The maximum atomic E-state index is 13.1. The molecular formula is C22H26ClN3O2S2. The predicted molar refractivity (Wildman–Crippen MR) is 129 cm³/mol. The Hall–Kier alpha value is -1.80. The first-order valence-electron chi connectivity index (χ1n) is 9.66. The Labute approximate surface area is 191 Å². The van der Waals surface area contributed by atoms with Gasteiger partial charge in [-0.05, 0) is 56.9 Å². The number of hydrogen-bond acceptors (Lipinski definition) is 6. The first-order valence-corrected chi connectivity index (χ1v) is 11.8. The van der Waals surface area contributed by atoms with Crippen molar-refractivity contribution < 1.29 is 9.53 Å². The van der Waals surface area contributed by atoms with Crippen molar-refractivity contribution in [1.82, 2.24) is 9.88 Å². The zero-order valence-electron chi connectivity index (χ0n) is 17.6. The van der Waals surface area contributed by atoms with E-state index in [1.54, 1.807) is 23.8 Å². The predicted octanol–water partition coefficient (Wildman–Crippen LogP) is 5.34. The van der Waals surface area contributed by atoms with Crippen molar-refractivity contribution in [2.45, 2.75) is 18.2 Å². The van der Waals surface area contributed by atoms with Crippen LogP contribution >= 0.6 is 34.7 Å². The molecule has 0 radical (unpaired) electrons. The number of amides is 1. The molecule has 30 heavy (non-hydrogen) atoms. The molecule has 160 valence electrons. The SMILES string of the molecule is COc1ccc(SCCC(=O)N(CCN(C)C)c2nc3c(C)ccc(Cl)c3s2)cc1. The summed E-state index contributed by atoms with van der Waals surface area (Å²) < 4.78 is 6.12. The lowest BCUT2D eigenvalue weighted by atomic mass is 10.2. The lowest BCUT2D eigenvalue weighted by molar-refractivity contribution is -0.118. The number of benzene rings is 2. The van der Waals surface area contributed by atoms with Crippen LogP contribution in [0.3, 0.4) is 0 Å². The van der Waals surface area contributed by atoms with Gasteiger partial charge in [-0.25, -0.2) is 4.98 Å². The molecule has 0 aliphatic carbocycles. The van der Waals surface area contributed by atoms with Gasteiger partial charge in [0.1, 0.15) is 5.75 Å². The normalized spacial score (nSPS) is 11.3. The van der Waals surface area contributed by atoms with Crippen LogP contribution in [0, 0.1) is 6.92 Å². The second-order valence-corrected chi connectivity index (χ2v) is 9.71. The van der Waals surface area contributed by atoms with Crippen LogP contribution in [0.15, 0.2) is 41.3 Å². The fourth-order valence-electron chi connectivity index (χ4n) is 2.90. The molecule has 0 N–H and O–H groups in total. The van der Waals surface area contributed by atoms with E-state index < -0.39 is 0 Å². The molecule has 0 bridgehead atoms. The van der Waals surface area contributed by atoms with Crippen LogP contribution in [-0.2, 0) is 4.79 Å². The van der Waals surface area contributed by atoms with E-state index in [4.69, 9.17) is 21.3 Å². The molecule has 2 aromatic carbocycles. The highest BCUT2D eigenvalue weighted by Crippen LogP contribution is 2.36. The summed E-state index contributed by atoms with van der Waals surface area (Å²) in [6.07, 6.45) is 0.437. The van der Waals surface area contributed by atoms with Gasteiger partial charge in [-0.15, -0.1) is 11.8 Å². The van der Waals surface area contributed by atoms with Crippen LogP contribution in [0.25, 0.3) is 10.2 Å². The molecule has 1 amide bonds. The molecular weight excluding hydrogens is 438 g/mol.